The fraction of sp³-hybridized carbons (Fsp3) is 0.743. The van der Waals surface area contributed by atoms with E-state index in [1.807, 2.05) is 35.2 Å². The van der Waals surface area contributed by atoms with Crippen LogP contribution in [0.2, 0.25) is 0 Å². The van der Waals surface area contributed by atoms with Gasteiger partial charge in [0.1, 0.15) is 25.2 Å². The van der Waals surface area contributed by atoms with Gasteiger partial charge in [-0.25, -0.2) is 19.1 Å². The maximum atomic E-state index is 12.7. The van der Waals surface area contributed by atoms with E-state index < -0.39 is 23.5 Å². The lowest BCUT2D eigenvalue weighted by Gasteiger charge is -2.37. The molecule has 0 spiro atoms. The molecule has 254 valence electrons. The minimum absolute atomic E-state index is 0.165. The molecule has 1 saturated heterocycles. The molecule has 0 bridgehead atoms. The number of aryl methyl sites for hydroxylation is 1. The lowest BCUT2D eigenvalue weighted by atomic mass is 9.93. The van der Waals surface area contributed by atoms with Gasteiger partial charge in [-0.2, -0.15) is 0 Å². The smallest absolute Gasteiger partial charge is 0.416 e. The molecule has 2 rings (SSSR count). The van der Waals surface area contributed by atoms with Crippen molar-refractivity contribution < 1.29 is 33.2 Å². The molecule has 3 amide bonds. The topological polar surface area (TPSA) is 106 Å². The van der Waals surface area contributed by atoms with Crippen LogP contribution in [0.5, 0.6) is 0 Å². The van der Waals surface area contributed by atoms with Crippen LogP contribution in [0.3, 0.4) is 0 Å². The summed E-state index contributed by atoms with van der Waals surface area (Å²) in [4.78, 5) is 50.5. The molecule has 1 aliphatic heterocycles. The average Bonchev–Trinajstić information content (AvgIpc) is 3.04. The van der Waals surface area contributed by atoms with E-state index in [0.717, 1.165) is 35.9 Å². The highest BCUT2D eigenvalue weighted by molar-refractivity contribution is 8.15. The summed E-state index contributed by atoms with van der Waals surface area (Å²) in [6, 6.07) is 5.74. The Balaban J connectivity index is 1.51. The molecule has 1 aromatic rings. The Bertz CT molecular complexity index is 995. The van der Waals surface area contributed by atoms with E-state index in [1.54, 1.807) is 0 Å². The summed E-state index contributed by atoms with van der Waals surface area (Å²) in [6.07, 6.45) is 23.7. The number of amides is 3. The molecule has 10 heteroatoms. The van der Waals surface area contributed by atoms with Crippen molar-refractivity contribution in [3.05, 3.63) is 30.6 Å². The first-order chi connectivity index (χ1) is 21.9. The van der Waals surface area contributed by atoms with Crippen LogP contribution in [0.25, 0.3) is 0 Å². The van der Waals surface area contributed by atoms with Gasteiger partial charge in [-0.1, -0.05) is 121 Å². The average molecular weight is 649 g/mol. The summed E-state index contributed by atoms with van der Waals surface area (Å²) >= 11 is 1.11. The molecule has 1 unspecified atom stereocenters. The molecule has 1 N–H and O–H groups in total. The first-order valence-corrected chi connectivity index (χ1v) is 18.3. The second-order valence-corrected chi connectivity index (χ2v) is 13.3. The first kappa shape index (κ1) is 38.6. The molecule has 2 heterocycles. The van der Waals surface area contributed by atoms with Crippen LogP contribution in [-0.4, -0.2) is 60.2 Å². The van der Waals surface area contributed by atoms with Crippen molar-refractivity contribution >= 4 is 35.0 Å². The fourth-order valence-corrected chi connectivity index (χ4v) is 6.30. The highest BCUT2D eigenvalue weighted by atomic mass is 32.2. The van der Waals surface area contributed by atoms with Crippen LogP contribution in [-0.2, 0) is 25.6 Å². The number of ether oxygens (including phenoxy) is 2. The number of unbranched alkanes of at least 4 members (excludes halogenated alkanes) is 15. The van der Waals surface area contributed by atoms with Crippen molar-refractivity contribution in [2.75, 3.05) is 32.1 Å². The predicted octanol–water partition coefficient (Wildman–Crippen LogP) is 7.60. The highest BCUT2D eigenvalue weighted by Gasteiger charge is 2.50. The molecular formula is C35H58N3O6S+. The number of imide groups is 1. The number of thioether (sulfide) groups is 1. The fourth-order valence-electron chi connectivity index (χ4n) is 5.35. The molecule has 1 fully saturated rings. The minimum Gasteiger partial charge on any atom is -0.448 e. The zero-order valence-corrected chi connectivity index (χ0v) is 28.7. The number of carbonyl (C=O) groups is 4. The Morgan fingerprint density at radius 3 is 1.82 bits per heavy atom. The van der Waals surface area contributed by atoms with E-state index >= 15 is 0 Å². The zero-order valence-electron chi connectivity index (χ0n) is 27.9. The lowest BCUT2D eigenvalue weighted by Crippen LogP contribution is -2.51. The van der Waals surface area contributed by atoms with Crippen LogP contribution in [0.15, 0.2) is 30.6 Å². The maximum Gasteiger partial charge on any atom is 0.416 e. The van der Waals surface area contributed by atoms with Crippen molar-refractivity contribution in [3.63, 3.8) is 0 Å². The molecule has 0 aromatic carbocycles. The molecule has 1 aromatic heterocycles. The van der Waals surface area contributed by atoms with E-state index in [-0.39, 0.29) is 24.9 Å². The number of pyridine rings is 1. The van der Waals surface area contributed by atoms with E-state index in [2.05, 4.69) is 12.2 Å². The quantitative estimate of drug-likeness (QED) is 0.0860. The van der Waals surface area contributed by atoms with Crippen LogP contribution < -0.4 is 9.88 Å². The number of rotatable bonds is 25. The Morgan fingerprint density at radius 1 is 0.800 bits per heavy atom. The van der Waals surface area contributed by atoms with Gasteiger partial charge in [0.15, 0.2) is 12.4 Å². The Labute approximate surface area is 275 Å². The molecule has 0 saturated carbocycles. The summed E-state index contributed by atoms with van der Waals surface area (Å²) < 4.78 is 12.7. The third kappa shape index (κ3) is 16.5. The van der Waals surface area contributed by atoms with Gasteiger partial charge in [0.2, 0.25) is 11.0 Å². The van der Waals surface area contributed by atoms with Gasteiger partial charge in [-0.3, -0.25) is 9.59 Å². The summed E-state index contributed by atoms with van der Waals surface area (Å²) in [7, 11) is 0. The van der Waals surface area contributed by atoms with Crippen LogP contribution in [0, 0.1) is 5.41 Å². The number of hydrogen-bond donors (Lipinski definition) is 1. The molecule has 0 aliphatic carbocycles. The van der Waals surface area contributed by atoms with Crippen molar-refractivity contribution in [2.24, 2.45) is 5.41 Å². The van der Waals surface area contributed by atoms with E-state index in [9.17, 15) is 19.2 Å². The normalized spacial score (nSPS) is 15.7. The van der Waals surface area contributed by atoms with Gasteiger partial charge in [-0.15, -0.1) is 0 Å². The Morgan fingerprint density at radius 2 is 1.33 bits per heavy atom. The largest absolute Gasteiger partial charge is 0.448 e. The SMILES string of the molecule is CCCCCCCCCCCCCCCCCCNC(=O)OCC1(COC(=O)N(CCC[n+]2ccccc2)C(C)=O)CSC1=O. The van der Waals surface area contributed by atoms with E-state index in [1.165, 1.54) is 90.4 Å². The lowest BCUT2D eigenvalue weighted by molar-refractivity contribution is -0.697. The summed E-state index contributed by atoms with van der Waals surface area (Å²) in [5.41, 5.74) is -1.08. The molecule has 9 nitrogen and oxygen atoms in total. The highest BCUT2D eigenvalue weighted by Crippen LogP contribution is 2.40. The minimum atomic E-state index is -1.08. The third-order valence-corrected chi connectivity index (χ3v) is 9.73. The van der Waals surface area contributed by atoms with Gasteiger partial charge in [-0.05, 0) is 6.42 Å². The van der Waals surface area contributed by atoms with Crippen molar-refractivity contribution in [1.29, 1.82) is 0 Å². The zero-order chi connectivity index (χ0) is 32.6. The summed E-state index contributed by atoms with van der Waals surface area (Å²) in [5.74, 6) is -0.0397. The summed E-state index contributed by atoms with van der Waals surface area (Å²) in [6.45, 7) is 4.54. The molecular weight excluding hydrogens is 590 g/mol. The number of nitrogens with one attached hydrogen (secondary N) is 1. The monoisotopic (exact) mass is 648 g/mol. The van der Waals surface area contributed by atoms with Crippen molar-refractivity contribution in [1.82, 2.24) is 10.2 Å². The number of alkyl carbamates (subject to hydrolysis) is 1. The first-order valence-electron chi connectivity index (χ1n) is 17.3. The molecule has 1 atom stereocenters. The Kier molecular flexibility index (Phi) is 20.3. The van der Waals surface area contributed by atoms with Gasteiger partial charge in [0.05, 0.1) is 0 Å². The van der Waals surface area contributed by atoms with E-state index in [4.69, 9.17) is 9.47 Å². The van der Waals surface area contributed by atoms with E-state index in [0.29, 0.717) is 25.3 Å². The van der Waals surface area contributed by atoms with Gasteiger partial charge in [0, 0.05) is 44.3 Å². The predicted molar refractivity (Wildman–Crippen MR) is 179 cm³/mol. The Hall–Kier alpha value is -2.62. The second-order valence-electron chi connectivity index (χ2n) is 12.4. The van der Waals surface area contributed by atoms with Gasteiger partial charge in [0.25, 0.3) is 0 Å². The van der Waals surface area contributed by atoms with Crippen molar-refractivity contribution in [2.45, 2.75) is 130 Å². The standard InChI is InChI=1S/C35H57N3O6S/c1-3-4-5-6-7-8-9-10-11-12-13-14-15-16-17-19-23-36-33(41)43-28-35(30-45-32(35)40)29-44-34(42)38(31(2)39)27-22-26-37-24-20-18-21-25-37/h18,20-21,24-25H,3-17,19,22-23,26-30H2,1-2H3/p+1. The molecule has 0 radical (unpaired) electrons. The third-order valence-electron chi connectivity index (χ3n) is 8.34. The number of aromatic nitrogens is 1. The van der Waals surface area contributed by atoms with Crippen LogP contribution in [0.1, 0.15) is 123 Å². The van der Waals surface area contributed by atoms with Crippen molar-refractivity contribution in [3.8, 4) is 0 Å². The number of nitrogens with zero attached hydrogens (tertiary/aromatic N) is 2. The summed E-state index contributed by atoms with van der Waals surface area (Å²) in [5, 5.41) is 2.58. The molecule has 1 aliphatic rings. The van der Waals surface area contributed by atoms with Crippen LogP contribution >= 0.6 is 11.8 Å². The maximum absolute atomic E-state index is 12.7. The molecule has 45 heavy (non-hydrogen) atoms. The van der Waals surface area contributed by atoms with Gasteiger partial charge < -0.3 is 14.8 Å². The number of carbonyl (C=O) groups excluding carboxylic acids is 4. The number of hydrogen-bond acceptors (Lipinski definition) is 7. The second kappa shape index (κ2) is 23.7. The van der Waals surface area contributed by atoms with Gasteiger partial charge >= 0.3 is 12.2 Å². The van der Waals surface area contributed by atoms with Crippen LogP contribution in [0.4, 0.5) is 9.59 Å².